The van der Waals surface area contributed by atoms with Crippen LogP contribution < -0.4 is 10.5 Å². The highest BCUT2D eigenvalue weighted by atomic mass is 19.4. The summed E-state index contributed by atoms with van der Waals surface area (Å²) in [4.78, 5) is 24.6. The lowest BCUT2D eigenvalue weighted by Gasteiger charge is -2.28. The molecule has 0 radical (unpaired) electrons. The second-order valence-electron chi connectivity index (χ2n) is 8.21. The van der Waals surface area contributed by atoms with Gasteiger partial charge in [0, 0.05) is 50.4 Å². The number of aromatic nitrogens is 2. The number of nitrogens with one attached hydrogen (secondary N) is 1. The molecule has 0 saturated heterocycles. The summed E-state index contributed by atoms with van der Waals surface area (Å²) in [6.45, 7) is 8.18. The van der Waals surface area contributed by atoms with Crippen LogP contribution in [0.4, 0.5) is 18.9 Å². The van der Waals surface area contributed by atoms with Crippen molar-refractivity contribution in [1.29, 1.82) is 0 Å². The van der Waals surface area contributed by atoms with Gasteiger partial charge in [-0.1, -0.05) is 24.3 Å². The molecule has 0 saturated carbocycles. The molecule has 2 aromatic carbocycles. The van der Waals surface area contributed by atoms with Crippen molar-refractivity contribution in [2.75, 3.05) is 24.5 Å². The van der Waals surface area contributed by atoms with E-state index in [1.165, 1.54) is 23.4 Å². The van der Waals surface area contributed by atoms with Crippen molar-refractivity contribution in [2.24, 2.45) is 0 Å². The topological polar surface area (TPSA) is 52.2 Å². The van der Waals surface area contributed by atoms with E-state index in [1.54, 1.807) is 0 Å². The molecule has 33 heavy (non-hydrogen) atoms. The van der Waals surface area contributed by atoms with Gasteiger partial charge in [0.25, 0.3) is 5.56 Å². The summed E-state index contributed by atoms with van der Waals surface area (Å²) in [5.41, 5.74) is 3.20. The molecule has 3 aromatic rings. The van der Waals surface area contributed by atoms with Gasteiger partial charge in [-0.3, -0.25) is 9.69 Å². The Balaban J connectivity index is 1.48. The molecule has 0 atom stereocenters. The molecule has 0 spiro atoms. The Hall–Kier alpha value is -3.13. The Labute approximate surface area is 190 Å². The van der Waals surface area contributed by atoms with Crippen molar-refractivity contribution >= 4 is 5.69 Å². The van der Waals surface area contributed by atoms with E-state index in [-0.39, 0.29) is 5.56 Å². The number of hydrogen-bond donors (Lipinski definition) is 1. The van der Waals surface area contributed by atoms with Gasteiger partial charge in [-0.05, 0) is 43.7 Å². The van der Waals surface area contributed by atoms with E-state index >= 15 is 0 Å². The molecule has 0 unspecified atom stereocenters. The minimum atomic E-state index is -4.40. The standard InChI is InChI=1S/C25H27F3N4O/c1-3-32(4-2)20-11-5-17(6-12-20)15-31-14-13-22-21(16-31)24(33)30-23(29-22)18-7-9-19(10-8-18)25(26,27)28/h5-12H,3-4,13-16H2,1-2H3,(H,29,30,33). The lowest BCUT2D eigenvalue weighted by atomic mass is 10.0. The molecule has 5 nitrogen and oxygen atoms in total. The van der Waals surface area contributed by atoms with Crippen molar-refractivity contribution < 1.29 is 13.2 Å². The predicted molar refractivity (Wildman–Crippen MR) is 123 cm³/mol. The van der Waals surface area contributed by atoms with Crippen LogP contribution in [0, 0.1) is 0 Å². The molecule has 8 heteroatoms. The van der Waals surface area contributed by atoms with Gasteiger partial charge in [-0.2, -0.15) is 13.2 Å². The van der Waals surface area contributed by atoms with Gasteiger partial charge in [0.15, 0.2) is 0 Å². The lowest BCUT2D eigenvalue weighted by Crippen LogP contribution is -2.35. The number of aromatic amines is 1. The molecule has 1 N–H and O–H groups in total. The first kappa shape index (κ1) is 23.0. The van der Waals surface area contributed by atoms with E-state index in [0.717, 1.165) is 38.3 Å². The maximum atomic E-state index is 12.8. The third-order valence-corrected chi connectivity index (χ3v) is 6.10. The van der Waals surface area contributed by atoms with E-state index < -0.39 is 11.7 Å². The van der Waals surface area contributed by atoms with Crippen LogP contribution in [0.3, 0.4) is 0 Å². The third-order valence-electron chi connectivity index (χ3n) is 6.10. The smallest absolute Gasteiger partial charge is 0.372 e. The van der Waals surface area contributed by atoms with E-state index in [9.17, 15) is 18.0 Å². The first-order valence-corrected chi connectivity index (χ1v) is 11.1. The average Bonchev–Trinajstić information content (AvgIpc) is 2.81. The SMILES string of the molecule is CCN(CC)c1ccc(CN2CCc3nc(-c4ccc(C(F)(F)F)cc4)[nH]c(=O)c3C2)cc1. The van der Waals surface area contributed by atoms with Gasteiger partial charge in [0.05, 0.1) is 16.8 Å². The Morgan fingerprint density at radius 1 is 1.03 bits per heavy atom. The molecule has 0 aliphatic carbocycles. The van der Waals surface area contributed by atoms with Gasteiger partial charge in [-0.15, -0.1) is 0 Å². The number of halogens is 3. The van der Waals surface area contributed by atoms with Crippen LogP contribution in [0.25, 0.3) is 11.4 Å². The third kappa shape index (κ3) is 5.11. The van der Waals surface area contributed by atoms with Crippen molar-refractivity contribution in [3.63, 3.8) is 0 Å². The Morgan fingerprint density at radius 3 is 2.30 bits per heavy atom. The fourth-order valence-electron chi connectivity index (χ4n) is 4.23. The van der Waals surface area contributed by atoms with Crippen LogP contribution in [0.15, 0.2) is 53.3 Å². The number of H-pyrrole nitrogens is 1. The highest BCUT2D eigenvalue weighted by Crippen LogP contribution is 2.30. The summed E-state index contributed by atoms with van der Waals surface area (Å²) in [7, 11) is 0. The molecular weight excluding hydrogens is 429 g/mol. The van der Waals surface area contributed by atoms with E-state index in [2.05, 4.69) is 57.9 Å². The summed E-state index contributed by atoms with van der Waals surface area (Å²) in [6.07, 6.45) is -3.78. The molecule has 174 valence electrons. The van der Waals surface area contributed by atoms with Crippen LogP contribution in [0.1, 0.15) is 36.2 Å². The van der Waals surface area contributed by atoms with Crippen molar-refractivity contribution in [3.8, 4) is 11.4 Å². The van der Waals surface area contributed by atoms with E-state index in [4.69, 9.17) is 0 Å². The zero-order valence-electron chi connectivity index (χ0n) is 18.7. The molecule has 4 rings (SSSR count). The number of alkyl halides is 3. The van der Waals surface area contributed by atoms with Crippen molar-refractivity contribution in [3.05, 3.63) is 81.3 Å². The van der Waals surface area contributed by atoms with Gasteiger partial charge >= 0.3 is 6.18 Å². The van der Waals surface area contributed by atoms with Crippen LogP contribution in [0.2, 0.25) is 0 Å². The fourth-order valence-corrected chi connectivity index (χ4v) is 4.23. The molecule has 1 aliphatic rings. The van der Waals surface area contributed by atoms with Crippen LogP contribution in [-0.2, 0) is 25.7 Å². The molecule has 1 aliphatic heterocycles. The maximum absolute atomic E-state index is 12.8. The van der Waals surface area contributed by atoms with E-state index in [1.807, 2.05) is 0 Å². The number of anilines is 1. The monoisotopic (exact) mass is 456 g/mol. The molecule has 0 bridgehead atoms. The minimum Gasteiger partial charge on any atom is -0.372 e. The Morgan fingerprint density at radius 2 is 1.70 bits per heavy atom. The van der Waals surface area contributed by atoms with Gasteiger partial charge in [-0.25, -0.2) is 4.98 Å². The zero-order valence-corrected chi connectivity index (χ0v) is 18.7. The largest absolute Gasteiger partial charge is 0.416 e. The highest BCUT2D eigenvalue weighted by molar-refractivity contribution is 5.56. The summed E-state index contributed by atoms with van der Waals surface area (Å²) in [6, 6.07) is 13.2. The quantitative estimate of drug-likeness (QED) is 0.576. The normalized spacial score (nSPS) is 14.2. The number of hydrogen-bond acceptors (Lipinski definition) is 4. The second-order valence-corrected chi connectivity index (χ2v) is 8.21. The van der Waals surface area contributed by atoms with E-state index in [0.29, 0.717) is 35.6 Å². The van der Waals surface area contributed by atoms with Gasteiger partial charge in [0.1, 0.15) is 5.82 Å². The first-order chi connectivity index (χ1) is 15.8. The van der Waals surface area contributed by atoms with Crippen LogP contribution in [0.5, 0.6) is 0 Å². The number of rotatable bonds is 6. The predicted octanol–water partition coefficient (Wildman–Crippen LogP) is 4.86. The van der Waals surface area contributed by atoms with Gasteiger partial charge < -0.3 is 9.88 Å². The van der Waals surface area contributed by atoms with Gasteiger partial charge in [0.2, 0.25) is 0 Å². The number of fused-ring (bicyclic) bond motifs is 1. The Kier molecular flexibility index (Phi) is 6.56. The molecule has 0 amide bonds. The minimum absolute atomic E-state index is 0.239. The van der Waals surface area contributed by atoms with Crippen LogP contribution in [-0.4, -0.2) is 34.5 Å². The van der Waals surface area contributed by atoms with Crippen molar-refractivity contribution in [1.82, 2.24) is 14.9 Å². The number of nitrogens with zero attached hydrogens (tertiary/aromatic N) is 3. The first-order valence-electron chi connectivity index (χ1n) is 11.1. The Bertz CT molecular complexity index is 1150. The van der Waals surface area contributed by atoms with Crippen molar-refractivity contribution in [2.45, 2.75) is 39.5 Å². The summed E-state index contributed by atoms with van der Waals surface area (Å²) < 4.78 is 38.4. The number of benzene rings is 2. The zero-order chi connectivity index (χ0) is 23.6. The summed E-state index contributed by atoms with van der Waals surface area (Å²) in [5.74, 6) is 0.299. The maximum Gasteiger partial charge on any atom is 0.416 e. The average molecular weight is 457 g/mol. The van der Waals surface area contributed by atoms with Crippen LogP contribution >= 0.6 is 0 Å². The lowest BCUT2D eigenvalue weighted by molar-refractivity contribution is -0.137. The highest BCUT2D eigenvalue weighted by Gasteiger charge is 2.30. The summed E-state index contributed by atoms with van der Waals surface area (Å²) in [5, 5.41) is 0. The molecule has 0 fully saturated rings. The second kappa shape index (κ2) is 9.39. The molecular formula is C25H27F3N4O. The molecule has 1 aromatic heterocycles. The fraction of sp³-hybridized carbons (Fsp3) is 0.360. The molecule has 2 heterocycles. The summed E-state index contributed by atoms with van der Waals surface area (Å²) >= 11 is 0.